The summed E-state index contributed by atoms with van der Waals surface area (Å²) in [5.41, 5.74) is 4.67. The molecule has 0 aromatic carbocycles. The van der Waals surface area contributed by atoms with Gasteiger partial charge in [0.2, 0.25) is 0 Å². The SMILES string of the molecule is CC(C)(O)CNCCNCCN. The van der Waals surface area contributed by atoms with Gasteiger partial charge in [0.25, 0.3) is 0 Å². The van der Waals surface area contributed by atoms with Gasteiger partial charge in [0.15, 0.2) is 0 Å². The Kier molecular flexibility index (Phi) is 6.28. The third-order valence-corrected chi connectivity index (χ3v) is 1.36. The number of rotatable bonds is 7. The van der Waals surface area contributed by atoms with Gasteiger partial charge in [-0.15, -0.1) is 0 Å². The zero-order valence-electron chi connectivity index (χ0n) is 8.06. The first kappa shape index (κ1) is 11.8. The average Bonchev–Trinajstić information content (AvgIpc) is 1.94. The van der Waals surface area contributed by atoms with Crippen LogP contribution in [0.4, 0.5) is 0 Å². The molecule has 0 spiro atoms. The van der Waals surface area contributed by atoms with Crippen LogP contribution in [0.2, 0.25) is 0 Å². The van der Waals surface area contributed by atoms with E-state index in [4.69, 9.17) is 5.73 Å². The Balaban J connectivity index is 3.01. The van der Waals surface area contributed by atoms with Gasteiger partial charge in [-0.25, -0.2) is 0 Å². The van der Waals surface area contributed by atoms with E-state index in [1.807, 2.05) is 0 Å². The number of hydrogen-bond donors (Lipinski definition) is 4. The molecule has 0 aromatic heterocycles. The van der Waals surface area contributed by atoms with E-state index in [0.29, 0.717) is 13.1 Å². The lowest BCUT2D eigenvalue weighted by molar-refractivity contribution is 0.0801. The summed E-state index contributed by atoms with van der Waals surface area (Å²) < 4.78 is 0. The molecule has 0 radical (unpaired) electrons. The van der Waals surface area contributed by atoms with Gasteiger partial charge in [-0.3, -0.25) is 0 Å². The smallest absolute Gasteiger partial charge is 0.0715 e. The highest BCUT2D eigenvalue weighted by Crippen LogP contribution is 1.95. The molecule has 0 saturated carbocycles. The van der Waals surface area contributed by atoms with Crippen LogP contribution in [0.5, 0.6) is 0 Å². The number of hydrogen-bond acceptors (Lipinski definition) is 4. The second-order valence-corrected chi connectivity index (χ2v) is 3.53. The molecule has 0 aliphatic rings. The molecule has 0 heterocycles. The third-order valence-electron chi connectivity index (χ3n) is 1.36. The van der Waals surface area contributed by atoms with Gasteiger partial charge in [-0.2, -0.15) is 0 Å². The Morgan fingerprint density at radius 1 is 1.17 bits per heavy atom. The summed E-state index contributed by atoms with van der Waals surface area (Å²) in [6, 6.07) is 0. The Morgan fingerprint density at radius 3 is 2.25 bits per heavy atom. The van der Waals surface area contributed by atoms with E-state index >= 15 is 0 Å². The molecule has 0 amide bonds. The highest BCUT2D eigenvalue weighted by atomic mass is 16.3. The minimum atomic E-state index is -0.617. The van der Waals surface area contributed by atoms with Crippen LogP contribution in [0.1, 0.15) is 13.8 Å². The second kappa shape index (κ2) is 6.37. The summed E-state index contributed by atoms with van der Waals surface area (Å²) in [7, 11) is 0. The van der Waals surface area contributed by atoms with Crippen molar-refractivity contribution in [1.82, 2.24) is 10.6 Å². The lowest BCUT2D eigenvalue weighted by Gasteiger charge is -2.17. The monoisotopic (exact) mass is 175 g/mol. The Labute approximate surface area is 74.5 Å². The van der Waals surface area contributed by atoms with Gasteiger partial charge < -0.3 is 21.5 Å². The second-order valence-electron chi connectivity index (χ2n) is 3.53. The molecule has 5 N–H and O–H groups in total. The van der Waals surface area contributed by atoms with Crippen molar-refractivity contribution in [3.05, 3.63) is 0 Å². The van der Waals surface area contributed by atoms with Crippen molar-refractivity contribution >= 4 is 0 Å². The first-order valence-corrected chi connectivity index (χ1v) is 4.40. The van der Waals surface area contributed by atoms with Crippen LogP contribution in [-0.4, -0.2) is 43.4 Å². The van der Waals surface area contributed by atoms with Gasteiger partial charge in [-0.05, 0) is 13.8 Å². The van der Waals surface area contributed by atoms with Crippen molar-refractivity contribution in [3.63, 3.8) is 0 Å². The maximum atomic E-state index is 9.32. The first-order valence-electron chi connectivity index (χ1n) is 4.40. The summed E-state index contributed by atoms with van der Waals surface area (Å²) in [4.78, 5) is 0. The van der Waals surface area contributed by atoms with Crippen LogP contribution in [0.3, 0.4) is 0 Å². The van der Waals surface area contributed by atoms with Crippen LogP contribution in [0, 0.1) is 0 Å². The molecule has 12 heavy (non-hydrogen) atoms. The fraction of sp³-hybridized carbons (Fsp3) is 1.00. The summed E-state index contributed by atoms with van der Waals surface area (Å²) in [6.45, 7) is 7.48. The molecule has 4 heteroatoms. The highest BCUT2D eigenvalue weighted by molar-refractivity contribution is 4.68. The summed E-state index contributed by atoms with van der Waals surface area (Å²) in [5.74, 6) is 0. The van der Waals surface area contributed by atoms with Crippen LogP contribution in [-0.2, 0) is 0 Å². The highest BCUT2D eigenvalue weighted by Gasteiger charge is 2.10. The van der Waals surface area contributed by atoms with E-state index in [2.05, 4.69) is 10.6 Å². The quantitative estimate of drug-likeness (QED) is 0.371. The Hall–Kier alpha value is -0.160. The first-order chi connectivity index (χ1) is 5.56. The van der Waals surface area contributed by atoms with Gasteiger partial charge >= 0.3 is 0 Å². The fourth-order valence-electron chi connectivity index (χ4n) is 0.798. The van der Waals surface area contributed by atoms with Gasteiger partial charge in [0.1, 0.15) is 0 Å². The molecule has 0 rings (SSSR count). The van der Waals surface area contributed by atoms with Crippen molar-refractivity contribution < 1.29 is 5.11 Å². The average molecular weight is 175 g/mol. The normalized spacial score (nSPS) is 12.0. The fourth-order valence-corrected chi connectivity index (χ4v) is 0.798. The van der Waals surface area contributed by atoms with Gasteiger partial charge in [-0.1, -0.05) is 0 Å². The van der Waals surface area contributed by atoms with Crippen molar-refractivity contribution in [2.45, 2.75) is 19.4 Å². The Bertz CT molecular complexity index is 101. The van der Waals surface area contributed by atoms with Crippen LogP contribution in [0.15, 0.2) is 0 Å². The van der Waals surface area contributed by atoms with E-state index < -0.39 is 5.60 Å². The van der Waals surface area contributed by atoms with Gasteiger partial charge in [0, 0.05) is 32.7 Å². The minimum Gasteiger partial charge on any atom is -0.389 e. The summed E-state index contributed by atoms with van der Waals surface area (Å²) in [6.07, 6.45) is 0. The van der Waals surface area contributed by atoms with E-state index in [-0.39, 0.29) is 0 Å². The molecular weight excluding hydrogens is 154 g/mol. The maximum Gasteiger partial charge on any atom is 0.0715 e. The summed E-state index contributed by atoms with van der Waals surface area (Å²) >= 11 is 0. The zero-order chi connectivity index (χ0) is 9.45. The van der Waals surface area contributed by atoms with Crippen molar-refractivity contribution in [3.8, 4) is 0 Å². The zero-order valence-corrected chi connectivity index (χ0v) is 8.06. The number of aliphatic hydroxyl groups is 1. The van der Waals surface area contributed by atoms with Crippen LogP contribution < -0.4 is 16.4 Å². The molecule has 4 nitrogen and oxygen atoms in total. The maximum absolute atomic E-state index is 9.32. The lowest BCUT2D eigenvalue weighted by Crippen LogP contribution is -2.38. The molecule has 0 aliphatic carbocycles. The molecule has 0 atom stereocenters. The largest absolute Gasteiger partial charge is 0.389 e. The molecular formula is C8H21N3O. The topological polar surface area (TPSA) is 70.3 Å². The van der Waals surface area contributed by atoms with E-state index in [0.717, 1.165) is 19.6 Å². The van der Waals surface area contributed by atoms with Crippen molar-refractivity contribution in [1.29, 1.82) is 0 Å². The Morgan fingerprint density at radius 2 is 1.75 bits per heavy atom. The summed E-state index contributed by atoms with van der Waals surface area (Å²) in [5, 5.41) is 15.6. The predicted octanol–water partition coefficient (Wildman–Crippen LogP) is -1.10. The molecule has 74 valence electrons. The van der Waals surface area contributed by atoms with Crippen molar-refractivity contribution in [2.75, 3.05) is 32.7 Å². The van der Waals surface area contributed by atoms with Gasteiger partial charge in [0.05, 0.1) is 5.60 Å². The number of nitrogens with two attached hydrogens (primary N) is 1. The predicted molar refractivity (Wildman–Crippen MR) is 51.1 cm³/mol. The van der Waals surface area contributed by atoms with Crippen LogP contribution in [0.25, 0.3) is 0 Å². The molecule has 0 unspecified atom stereocenters. The van der Waals surface area contributed by atoms with E-state index in [9.17, 15) is 5.11 Å². The van der Waals surface area contributed by atoms with Crippen LogP contribution >= 0.6 is 0 Å². The van der Waals surface area contributed by atoms with E-state index in [1.165, 1.54) is 0 Å². The molecule has 0 bridgehead atoms. The molecule has 0 saturated heterocycles. The van der Waals surface area contributed by atoms with Crippen molar-refractivity contribution in [2.24, 2.45) is 5.73 Å². The molecule has 0 aromatic rings. The van der Waals surface area contributed by atoms with E-state index in [1.54, 1.807) is 13.8 Å². The standard InChI is InChI=1S/C8H21N3O/c1-8(2,12)7-11-6-5-10-4-3-9/h10-12H,3-7,9H2,1-2H3. The minimum absolute atomic E-state index is 0.617. The number of nitrogens with one attached hydrogen (secondary N) is 2. The molecule has 0 fully saturated rings. The lowest BCUT2D eigenvalue weighted by atomic mass is 10.1. The molecule has 0 aliphatic heterocycles. The third kappa shape index (κ3) is 9.84.